The van der Waals surface area contributed by atoms with Crippen LogP contribution >= 0.6 is 0 Å². The van der Waals surface area contributed by atoms with Crippen LogP contribution in [-0.4, -0.2) is 29.6 Å². The van der Waals surface area contributed by atoms with E-state index in [1.54, 1.807) is 6.20 Å². The normalized spacial score (nSPS) is 19.7. The quantitative estimate of drug-likeness (QED) is 0.829. The standard InChI is InChI=1S/C18H20N2O3/c1-14-7-8-16(11-19-14)23-13-18(9-10-20-18)17(21)22-12-15-5-3-2-4-6-15/h2-8,11,20H,9-10,12-13H2,1H3/t18-/m1/s1. The van der Waals surface area contributed by atoms with E-state index in [0.717, 1.165) is 17.8 Å². The van der Waals surface area contributed by atoms with E-state index in [9.17, 15) is 4.79 Å². The van der Waals surface area contributed by atoms with E-state index in [1.807, 2.05) is 49.4 Å². The lowest BCUT2D eigenvalue weighted by molar-refractivity contribution is -0.158. The molecule has 0 unspecified atom stereocenters. The number of nitrogens with one attached hydrogen (secondary N) is 1. The predicted octanol–water partition coefficient (Wildman–Crippen LogP) is 2.24. The first kappa shape index (κ1) is 15.5. The van der Waals surface area contributed by atoms with Crippen molar-refractivity contribution in [3.05, 3.63) is 59.9 Å². The van der Waals surface area contributed by atoms with E-state index >= 15 is 0 Å². The van der Waals surface area contributed by atoms with Crippen molar-refractivity contribution >= 4 is 5.97 Å². The summed E-state index contributed by atoms with van der Waals surface area (Å²) in [5.41, 5.74) is 1.15. The Balaban J connectivity index is 1.56. The third-order valence-electron chi connectivity index (χ3n) is 3.99. The molecule has 1 aliphatic heterocycles. The molecule has 0 amide bonds. The van der Waals surface area contributed by atoms with Crippen molar-refractivity contribution in [2.45, 2.75) is 25.5 Å². The highest BCUT2D eigenvalue weighted by Gasteiger charge is 2.46. The molecular weight excluding hydrogens is 292 g/mol. The summed E-state index contributed by atoms with van der Waals surface area (Å²) in [7, 11) is 0. The average molecular weight is 312 g/mol. The second-order valence-electron chi connectivity index (χ2n) is 5.74. The molecule has 0 radical (unpaired) electrons. The van der Waals surface area contributed by atoms with E-state index in [2.05, 4.69) is 10.3 Å². The molecule has 1 saturated heterocycles. The van der Waals surface area contributed by atoms with Gasteiger partial charge in [-0.2, -0.15) is 0 Å². The van der Waals surface area contributed by atoms with Crippen molar-refractivity contribution in [2.24, 2.45) is 0 Å². The Labute approximate surface area is 135 Å². The van der Waals surface area contributed by atoms with E-state index in [0.29, 0.717) is 12.2 Å². The maximum Gasteiger partial charge on any atom is 0.330 e. The van der Waals surface area contributed by atoms with Gasteiger partial charge in [0, 0.05) is 5.69 Å². The lowest BCUT2D eigenvalue weighted by Crippen LogP contribution is -2.66. The molecule has 0 aliphatic carbocycles. The second kappa shape index (κ2) is 6.79. The summed E-state index contributed by atoms with van der Waals surface area (Å²) in [5, 5.41) is 3.16. The number of hydrogen-bond acceptors (Lipinski definition) is 5. The fourth-order valence-corrected chi connectivity index (χ4v) is 2.39. The largest absolute Gasteiger partial charge is 0.489 e. The van der Waals surface area contributed by atoms with Gasteiger partial charge < -0.3 is 9.47 Å². The van der Waals surface area contributed by atoms with Crippen LogP contribution in [0.5, 0.6) is 5.75 Å². The van der Waals surface area contributed by atoms with Crippen molar-refractivity contribution < 1.29 is 14.3 Å². The minimum Gasteiger partial charge on any atom is -0.489 e. The number of rotatable bonds is 6. The maximum absolute atomic E-state index is 12.4. The monoisotopic (exact) mass is 312 g/mol. The smallest absolute Gasteiger partial charge is 0.330 e. The number of carbonyl (C=O) groups excluding carboxylic acids is 1. The molecule has 1 N–H and O–H groups in total. The van der Waals surface area contributed by atoms with Crippen LogP contribution in [-0.2, 0) is 16.1 Å². The fourth-order valence-electron chi connectivity index (χ4n) is 2.39. The maximum atomic E-state index is 12.4. The van der Waals surface area contributed by atoms with Gasteiger partial charge >= 0.3 is 5.97 Å². The fraction of sp³-hybridized carbons (Fsp3) is 0.333. The zero-order chi connectivity index (χ0) is 16.1. The van der Waals surface area contributed by atoms with Crippen LogP contribution in [0.1, 0.15) is 17.7 Å². The number of ether oxygens (including phenoxy) is 2. The van der Waals surface area contributed by atoms with Crippen LogP contribution in [0.2, 0.25) is 0 Å². The number of aromatic nitrogens is 1. The highest BCUT2D eigenvalue weighted by atomic mass is 16.5. The number of esters is 1. The van der Waals surface area contributed by atoms with Crippen LogP contribution in [0.25, 0.3) is 0 Å². The van der Waals surface area contributed by atoms with Crippen molar-refractivity contribution in [3.8, 4) is 5.75 Å². The van der Waals surface area contributed by atoms with Crippen LogP contribution in [0, 0.1) is 6.92 Å². The number of hydrogen-bond donors (Lipinski definition) is 1. The minimum atomic E-state index is -0.750. The minimum absolute atomic E-state index is 0.241. The Bertz CT molecular complexity index is 652. The molecule has 5 nitrogen and oxygen atoms in total. The van der Waals surface area contributed by atoms with Crippen molar-refractivity contribution in [1.82, 2.24) is 10.3 Å². The van der Waals surface area contributed by atoms with Crippen molar-refractivity contribution in [3.63, 3.8) is 0 Å². The predicted molar refractivity (Wildman–Crippen MR) is 86.1 cm³/mol. The molecule has 2 heterocycles. The molecule has 23 heavy (non-hydrogen) atoms. The van der Waals surface area contributed by atoms with Crippen LogP contribution in [0.4, 0.5) is 0 Å². The first-order valence-electron chi connectivity index (χ1n) is 7.70. The topological polar surface area (TPSA) is 60.5 Å². The number of nitrogens with zero attached hydrogens (tertiary/aromatic N) is 1. The molecule has 1 aromatic carbocycles. The van der Waals surface area contributed by atoms with Crippen LogP contribution < -0.4 is 10.1 Å². The van der Waals surface area contributed by atoms with Gasteiger partial charge in [-0.25, -0.2) is 4.79 Å². The Kier molecular flexibility index (Phi) is 4.57. The van der Waals surface area contributed by atoms with E-state index in [1.165, 1.54) is 0 Å². The SMILES string of the molecule is Cc1ccc(OC[C@@]2(C(=O)OCc3ccccc3)CCN2)cn1. The summed E-state index contributed by atoms with van der Waals surface area (Å²) in [6, 6.07) is 13.4. The summed E-state index contributed by atoms with van der Waals surface area (Å²) < 4.78 is 11.2. The first-order valence-corrected chi connectivity index (χ1v) is 7.70. The highest BCUT2D eigenvalue weighted by molar-refractivity contribution is 5.82. The third-order valence-corrected chi connectivity index (χ3v) is 3.99. The van der Waals surface area contributed by atoms with E-state index in [4.69, 9.17) is 9.47 Å². The van der Waals surface area contributed by atoms with Gasteiger partial charge in [0.2, 0.25) is 0 Å². The van der Waals surface area contributed by atoms with Crippen LogP contribution in [0.15, 0.2) is 48.7 Å². The average Bonchev–Trinajstić information content (AvgIpc) is 2.54. The number of pyridine rings is 1. The summed E-state index contributed by atoms with van der Waals surface area (Å²) in [5.74, 6) is 0.382. The number of aryl methyl sites for hydroxylation is 1. The molecule has 1 atom stereocenters. The van der Waals surface area contributed by atoms with E-state index < -0.39 is 5.54 Å². The second-order valence-corrected chi connectivity index (χ2v) is 5.74. The van der Waals surface area contributed by atoms with Gasteiger partial charge in [-0.05, 0) is 37.6 Å². The van der Waals surface area contributed by atoms with Gasteiger partial charge in [0.15, 0.2) is 5.54 Å². The van der Waals surface area contributed by atoms with Crippen molar-refractivity contribution in [1.29, 1.82) is 0 Å². The van der Waals surface area contributed by atoms with Crippen LogP contribution in [0.3, 0.4) is 0 Å². The molecular formula is C18H20N2O3. The highest BCUT2D eigenvalue weighted by Crippen LogP contribution is 2.23. The number of benzene rings is 1. The molecule has 3 rings (SSSR count). The molecule has 0 bridgehead atoms. The molecule has 0 saturated carbocycles. The number of carbonyl (C=O) groups is 1. The lowest BCUT2D eigenvalue weighted by atomic mass is 9.89. The Hall–Kier alpha value is -2.40. The first-order chi connectivity index (χ1) is 11.2. The van der Waals surface area contributed by atoms with Gasteiger partial charge in [0.1, 0.15) is 19.0 Å². The third kappa shape index (κ3) is 3.68. The zero-order valence-corrected chi connectivity index (χ0v) is 13.1. The molecule has 120 valence electrons. The Morgan fingerprint density at radius 2 is 2.04 bits per heavy atom. The van der Waals surface area contributed by atoms with Gasteiger partial charge in [-0.15, -0.1) is 0 Å². The zero-order valence-electron chi connectivity index (χ0n) is 13.1. The van der Waals surface area contributed by atoms with Gasteiger partial charge in [-0.1, -0.05) is 30.3 Å². The summed E-state index contributed by atoms with van der Waals surface area (Å²) >= 11 is 0. The summed E-state index contributed by atoms with van der Waals surface area (Å²) in [6.45, 7) is 3.22. The summed E-state index contributed by atoms with van der Waals surface area (Å²) in [6.07, 6.45) is 2.37. The van der Waals surface area contributed by atoms with Gasteiger partial charge in [-0.3, -0.25) is 10.3 Å². The van der Waals surface area contributed by atoms with Gasteiger partial charge in [0.25, 0.3) is 0 Å². The molecule has 1 aromatic heterocycles. The molecule has 1 aliphatic rings. The van der Waals surface area contributed by atoms with Gasteiger partial charge in [0.05, 0.1) is 6.20 Å². The van der Waals surface area contributed by atoms with Crippen molar-refractivity contribution in [2.75, 3.05) is 13.2 Å². The van der Waals surface area contributed by atoms with E-state index in [-0.39, 0.29) is 19.2 Å². The molecule has 2 aromatic rings. The Morgan fingerprint density at radius 3 is 2.65 bits per heavy atom. The summed E-state index contributed by atoms with van der Waals surface area (Å²) in [4.78, 5) is 16.6. The molecule has 0 spiro atoms. The lowest BCUT2D eigenvalue weighted by Gasteiger charge is -2.40. The molecule has 1 fully saturated rings. The Morgan fingerprint density at radius 1 is 1.26 bits per heavy atom. The molecule has 5 heteroatoms.